The monoisotopic (exact) mass is 1770 g/mol. The van der Waals surface area contributed by atoms with Gasteiger partial charge in [-0.25, -0.2) is 29.9 Å². The molecule has 0 unspecified atom stereocenters. The Kier molecular flexibility index (Phi) is 19.8. The van der Waals surface area contributed by atoms with Crippen LogP contribution in [-0.2, 0) is 0 Å². The van der Waals surface area contributed by atoms with Crippen molar-refractivity contribution >= 4 is 150 Å². The van der Waals surface area contributed by atoms with E-state index in [4.69, 9.17) is 34.3 Å². The molecule has 0 fully saturated rings. The highest BCUT2D eigenvalue weighted by Crippen LogP contribution is 2.46. The summed E-state index contributed by atoms with van der Waals surface area (Å²) >= 11 is 3.71. The van der Waals surface area contributed by atoms with Gasteiger partial charge in [-0.15, -0.1) is 22.7 Å². The van der Waals surface area contributed by atoms with Gasteiger partial charge >= 0.3 is 0 Å². The molecule has 9 aromatic heterocycles. The molecule has 0 aliphatic rings. The number of thiophene rings is 2. The summed E-state index contributed by atoms with van der Waals surface area (Å²) in [6.45, 7) is 0. The number of aromatic nitrogens is 9. The molecule has 0 bridgehead atoms. The number of nitrogens with zero attached hydrogens (tertiary/aromatic N) is 11. The molecule has 0 saturated carbocycles. The Labute approximate surface area is 788 Å². The van der Waals surface area contributed by atoms with E-state index in [1.165, 1.54) is 78.4 Å². The van der Waals surface area contributed by atoms with E-state index in [-0.39, 0.29) is 0 Å². The van der Waals surface area contributed by atoms with Crippen LogP contribution < -0.4 is 0 Å². The molecule has 0 aliphatic heterocycles. The van der Waals surface area contributed by atoms with E-state index < -0.39 is 0 Å². The second-order valence-corrected chi connectivity index (χ2v) is 36.0. The Morgan fingerprint density at radius 3 is 0.912 bits per heavy atom. The number of hydrogen-bond donors (Lipinski definition) is 0. The van der Waals surface area contributed by atoms with Crippen molar-refractivity contribution in [2.45, 2.75) is 0 Å². The quantitative estimate of drug-likeness (QED) is 0.116. The third-order valence-electron chi connectivity index (χ3n) is 25.7. The fraction of sp³-hybridized carbons (Fsp3) is 0. The van der Waals surface area contributed by atoms with Crippen LogP contribution in [0.1, 0.15) is 11.1 Å². The summed E-state index contributed by atoms with van der Waals surface area (Å²) in [5.74, 6) is 1.97. The van der Waals surface area contributed by atoms with Crippen LogP contribution in [0.2, 0.25) is 0 Å². The van der Waals surface area contributed by atoms with Gasteiger partial charge in [0.05, 0.1) is 90.5 Å². The van der Waals surface area contributed by atoms with E-state index in [1.54, 1.807) is 6.07 Å². The maximum atomic E-state index is 9.55. The van der Waals surface area contributed by atoms with Gasteiger partial charge in [0.25, 0.3) is 0 Å². The first kappa shape index (κ1) is 79.9. The molecule has 12 nitrogen and oxygen atoms in total. The molecule has 0 aliphatic carbocycles. The highest BCUT2D eigenvalue weighted by molar-refractivity contribution is 7.26. The van der Waals surface area contributed by atoms with Crippen molar-refractivity contribution < 1.29 is 4.42 Å². The lowest BCUT2D eigenvalue weighted by molar-refractivity contribution is 0.669. The van der Waals surface area contributed by atoms with Crippen molar-refractivity contribution in [3.05, 3.63) is 454 Å². The van der Waals surface area contributed by atoms with Gasteiger partial charge < -0.3 is 18.1 Å². The Morgan fingerprint density at radius 2 is 0.507 bits per heavy atom. The first-order chi connectivity index (χ1) is 67.3. The average Bonchev–Trinajstić information content (AvgIpc) is 1.58. The van der Waals surface area contributed by atoms with Crippen molar-refractivity contribution in [1.29, 1.82) is 10.5 Å². The lowest BCUT2D eigenvalue weighted by Crippen LogP contribution is -1.98. The molecule has 18 aromatic carbocycles. The largest absolute Gasteiger partial charge is 0.456 e. The van der Waals surface area contributed by atoms with Crippen LogP contribution in [0, 0.1) is 22.7 Å². The van der Waals surface area contributed by atoms with Crippen molar-refractivity contribution in [3.8, 4) is 131 Å². The average molecular weight is 1770 g/mol. The lowest BCUT2D eigenvalue weighted by Gasteiger charge is -2.12. The summed E-state index contributed by atoms with van der Waals surface area (Å²) in [4.78, 5) is 30.4. The van der Waals surface area contributed by atoms with Crippen LogP contribution in [0.15, 0.2) is 447 Å². The molecule has 634 valence electrons. The molecular formula is C122H73N11OS2. The van der Waals surface area contributed by atoms with Gasteiger partial charge in [0, 0.05) is 151 Å². The summed E-state index contributed by atoms with van der Waals surface area (Å²) in [6, 6.07) is 157. The van der Waals surface area contributed by atoms with Gasteiger partial charge in [-0.3, -0.25) is 0 Å². The highest BCUT2D eigenvalue weighted by atomic mass is 32.1. The smallest absolute Gasteiger partial charge is 0.160 e. The predicted octanol–water partition coefficient (Wildman–Crippen LogP) is 32.1. The number of fused-ring (bicyclic) bond motifs is 18. The van der Waals surface area contributed by atoms with Crippen LogP contribution in [0.4, 0.5) is 0 Å². The molecule has 0 N–H and O–H groups in total. The van der Waals surface area contributed by atoms with Crippen LogP contribution >= 0.6 is 22.7 Å². The number of nitriles is 2. The molecule has 0 saturated heterocycles. The van der Waals surface area contributed by atoms with Gasteiger partial charge in [0.15, 0.2) is 17.5 Å². The number of rotatable bonds is 12. The number of hydrogen-bond acceptors (Lipinski definition) is 11. The van der Waals surface area contributed by atoms with Gasteiger partial charge in [-0.05, 0) is 152 Å². The van der Waals surface area contributed by atoms with E-state index in [0.717, 1.165) is 151 Å². The first-order valence-electron chi connectivity index (χ1n) is 45.0. The fourth-order valence-corrected chi connectivity index (χ4v) is 21.5. The fourth-order valence-electron chi connectivity index (χ4n) is 19.3. The SMILES string of the molecule is N#Cc1ccc(-c2cc(-c3ccccc3)nc(-c3cccc(-n4c5ccccc5c5cc6sc7ccccc7c6cc54)c3)n2)cc1.N#Cc1cccc(-c2cc(-c3ccccc3)nc(-c3cccc(-n4c5ccccc5c5cc6oc7ccccc7c6cc54)c3)n2)c1.c1ccc(-c2cc(-c3ccccc3)nc(-c3cccc(-n4c5ccccc5c5cc6sc7ccccc7c6cc54)c3)n2)cc1. The highest BCUT2D eigenvalue weighted by Gasteiger charge is 2.24. The van der Waals surface area contributed by atoms with E-state index in [1.807, 2.05) is 138 Å². The lowest BCUT2D eigenvalue weighted by atomic mass is 10.0. The maximum Gasteiger partial charge on any atom is 0.160 e. The molecule has 0 atom stereocenters. The molecule has 27 rings (SSSR count). The molecule has 0 amide bonds. The van der Waals surface area contributed by atoms with E-state index in [2.05, 4.69) is 347 Å². The zero-order chi connectivity index (χ0) is 90.3. The summed E-state index contributed by atoms with van der Waals surface area (Å²) in [5, 5.41) is 33.5. The van der Waals surface area contributed by atoms with Gasteiger partial charge in [-0.2, -0.15) is 10.5 Å². The van der Waals surface area contributed by atoms with Gasteiger partial charge in [-0.1, -0.05) is 291 Å². The number of benzene rings is 18. The topological polar surface area (TPSA) is 153 Å². The van der Waals surface area contributed by atoms with Crippen LogP contribution in [-0.4, -0.2) is 43.6 Å². The van der Waals surface area contributed by atoms with E-state index in [9.17, 15) is 10.5 Å². The summed E-state index contributed by atoms with van der Waals surface area (Å²) in [5.41, 5.74) is 26.9. The molecule has 0 spiro atoms. The van der Waals surface area contributed by atoms with Crippen molar-refractivity contribution in [1.82, 2.24) is 43.6 Å². The molecule has 136 heavy (non-hydrogen) atoms. The zero-order valence-corrected chi connectivity index (χ0v) is 74.4. The number of furan rings is 1. The van der Waals surface area contributed by atoms with Crippen molar-refractivity contribution in [3.63, 3.8) is 0 Å². The minimum Gasteiger partial charge on any atom is -0.456 e. The number of para-hydroxylation sites is 4. The van der Waals surface area contributed by atoms with Gasteiger partial charge in [0.2, 0.25) is 0 Å². The van der Waals surface area contributed by atoms with E-state index >= 15 is 0 Å². The van der Waals surface area contributed by atoms with E-state index in [0.29, 0.717) is 28.6 Å². The Balaban J connectivity index is 0.000000109. The minimum absolute atomic E-state index is 0.590. The Bertz CT molecular complexity index is 9480. The summed E-state index contributed by atoms with van der Waals surface area (Å²) in [7, 11) is 0. The summed E-state index contributed by atoms with van der Waals surface area (Å²) in [6.07, 6.45) is 0. The first-order valence-corrected chi connectivity index (χ1v) is 46.7. The van der Waals surface area contributed by atoms with Crippen LogP contribution in [0.5, 0.6) is 0 Å². The molecular weight excluding hydrogens is 1700 g/mol. The third kappa shape index (κ3) is 14.4. The second-order valence-electron chi connectivity index (χ2n) is 33.8. The predicted molar refractivity (Wildman–Crippen MR) is 561 cm³/mol. The van der Waals surface area contributed by atoms with Crippen LogP contribution in [0.3, 0.4) is 0 Å². The van der Waals surface area contributed by atoms with Crippen molar-refractivity contribution in [2.24, 2.45) is 0 Å². The molecule has 14 heteroatoms. The molecule has 27 aromatic rings. The molecule has 0 radical (unpaired) electrons. The second kappa shape index (κ2) is 33.6. The third-order valence-corrected chi connectivity index (χ3v) is 27.9. The maximum absolute atomic E-state index is 9.55. The Hall–Kier alpha value is -18.2. The standard InChI is InChI=1S/C41H24N4O.C41H24N4S.C40H25N3S/c42-25-26-10-8-13-28(20-26)36-24-35(27-11-2-1-3-12-27)43-41(44-36)29-14-9-15-30(21-29)45-37-18-6-4-16-31(37)33-23-40-34(22-38(33)45)32-17-5-7-19-39(32)46-40;42-25-26-17-19-28(20-18-26)36-24-35(27-9-2-1-3-10-27)43-41(44-36)29-11-8-12-30(21-29)45-37-15-6-4-13-31(37)33-23-40-34(22-38(33)45)32-14-5-7-16-39(32)46-40;1-3-12-26(13-4-1)34-25-35(27-14-5-2-6-15-27)42-40(41-34)28-16-11-17-29(22-28)43-36-20-9-7-18-30(36)32-24-39-33(23-37(32)43)31-19-8-10-21-38(31)44-39/h2*1-24H;1-25H. The van der Waals surface area contributed by atoms with Crippen LogP contribution in [0.25, 0.3) is 246 Å². The van der Waals surface area contributed by atoms with Crippen molar-refractivity contribution in [2.75, 3.05) is 0 Å². The zero-order valence-electron chi connectivity index (χ0n) is 72.8. The molecule has 9 heterocycles. The summed E-state index contributed by atoms with van der Waals surface area (Å²) < 4.78 is 18.6. The normalized spacial score (nSPS) is 11.5. The van der Waals surface area contributed by atoms with Gasteiger partial charge in [0.1, 0.15) is 11.2 Å². The Morgan fingerprint density at radius 1 is 0.191 bits per heavy atom. The minimum atomic E-state index is 0.590.